The van der Waals surface area contributed by atoms with Crippen LogP contribution in [-0.4, -0.2) is 47.8 Å². The van der Waals surface area contributed by atoms with Crippen molar-refractivity contribution in [3.8, 4) is 0 Å². The van der Waals surface area contributed by atoms with Crippen molar-refractivity contribution in [2.24, 2.45) is 0 Å². The number of furan rings is 1. The molecule has 7 nitrogen and oxygen atoms in total. The first-order valence-electron chi connectivity index (χ1n) is 6.83. The summed E-state index contributed by atoms with van der Waals surface area (Å²) >= 11 is 6.22. The second-order valence-corrected chi connectivity index (χ2v) is 8.72. The zero-order valence-electron chi connectivity index (χ0n) is 12.2. The van der Waals surface area contributed by atoms with Crippen LogP contribution in [0.4, 0.5) is 0 Å². The molecule has 0 aromatic carbocycles. The fraction of sp³-hybridized carbons (Fsp3) is 0.214. The number of carbonyl (C=O) groups is 2. The van der Waals surface area contributed by atoms with Gasteiger partial charge in [-0.05, 0) is 18.2 Å². The van der Waals surface area contributed by atoms with Gasteiger partial charge in [0.15, 0.2) is 9.84 Å². The largest absolute Gasteiger partial charge is 0.465 e. The summed E-state index contributed by atoms with van der Waals surface area (Å²) in [5.41, 5.74) is 0. The number of rotatable bonds is 4. The van der Waals surface area contributed by atoms with Crippen molar-refractivity contribution in [1.29, 1.82) is 0 Å². The molecule has 1 aromatic heterocycles. The third-order valence-corrected chi connectivity index (χ3v) is 6.04. The number of nitrogens with one attached hydrogen (secondary N) is 1. The van der Waals surface area contributed by atoms with E-state index in [-0.39, 0.29) is 22.5 Å². The third-order valence-electron chi connectivity index (χ3n) is 3.27. The Kier molecular flexibility index (Phi) is 4.61. The molecule has 1 saturated heterocycles. The van der Waals surface area contributed by atoms with Crippen LogP contribution >= 0.6 is 24.0 Å². The highest BCUT2D eigenvalue weighted by atomic mass is 32.2. The molecule has 0 spiro atoms. The van der Waals surface area contributed by atoms with Crippen LogP contribution in [0.3, 0.4) is 0 Å². The summed E-state index contributed by atoms with van der Waals surface area (Å²) < 4.78 is 28.1. The molecule has 0 bridgehead atoms. The minimum absolute atomic E-state index is 0.171. The van der Waals surface area contributed by atoms with Gasteiger partial charge in [-0.2, -0.15) is 0 Å². The predicted molar refractivity (Wildman–Crippen MR) is 93.4 cm³/mol. The molecule has 0 saturated carbocycles. The van der Waals surface area contributed by atoms with Crippen LogP contribution in [0, 0.1) is 0 Å². The lowest BCUT2D eigenvalue weighted by molar-refractivity contribution is -0.128. The van der Waals surface area contributed by atoms with E-state index in [1.807, 2.05) is 0 Å². The summed E-state index contributed by atoms with van der Waals surface area (Å²) in [6.07, 6.45) is 4.46. The molecule has 3 heterocycles. The van der Waals surface area contributed by atoms with Crippen molar-refractivity contribution < 1.29 is 22.4 Å². The van der Waals surface area contributed by atoms with E-state index < -0.39 is 21.8 Å². The molecule has 1 N–H and O–H groups in total. The van der Waals surface area contributed by atoms with Crippen LogP contribution in [0.15, 0.2) is 39.2 Å². The molecule has 1 fully saturated rings. The van der Waals surface area contributed by atoms with Crippen molar-refractivity contribution in [3.63, 3.8) is 0 Å². The van der Waals surface area contributed by atoms with Gasteiger partial charge in [-0.3, -0.25) is 14.5 Å². The van der Waals surface area contributed by atoms with E-state index >= 15 is 0 Å². The fourth-order valence-corrected chi connectivity index (χ4v) is 4.67. The van der Waals surface area contributed by atoms with Gasteiger partial charge in [-0.1, -0.05) is 24.0 Å². The van der Waals surface area contributed by atoms with Crippen LogP contribution in [0.5, 0.6) is 0 Å². The normalized spacial score (nSPS) is 24.1. The summed E-state index contributed by atoms with van der Waals surface area (Å²) in [6, 6.07) is 2.81. The highest BCUT2D eigenvalue weighted by molar-refractivity contribution is 8.26. The van der Waals surface area contributed by atoms with Crippen molar-refractivity contribution in [2.45, 2.75) is 6.04 Å². The van der Waals surface area contributed by atoms with E-state index in [4.69, 9.17) is 16.6 Å². The number of nitrogens with zero attached hydrogens (tertiary/aromatic N) is 1. The second kappa shape index (κ2) is 6.54. The van der Waals surface area contributed by atoms with Gasteiger partial charge in [0.05, 0.1) is 23.0 Å². The monoisotopic (exact) mass is 384 g/mol. The Morgan fingerprint density at radius 2 is 2.33 bits per heavy atom. The van der Waals surface area contributed by atoms with Gasteiger partial charge in [0, 0.05) is 11.5 Å². The number of sulfone groups is 1. The average molecular weight is 384 g/mol. The minimum atomic E-state index is -3.25. The predicted octanol–water partition coefficient (Wildman–Crippen LogP) is 0.908. The van der Waals surface area contributed by atoms with Gasteiger partial charge in [0.25, 0.3) is 5.91 Å². The molecule has 10 heteroatoms. The Morgan fingerprint density at radius 3 is 2.96 bits per heavy atom. The summed E-state index contributed by atoms with van der Waals surface area (Å²) in [7, 11) is -3.25. The number of hydrogen-bond acceptors (Lipinski definition) is 7. The molecule has 0 unspecified atom stereocenters. The van der Waals surface area contributed by atoms with Gasteiger partial charge in [0.2, 0.25) is 5.91 Å². The smallest absolute Gasteiger partial charge is 0.266 e. The van der Waals surface area contributed by atoms with Crippen LogP contribution in [0.25, 0.3) is 6.08 Å². The third kappa shape index (κ3) is 3.77. The highest BCUT2D eigenvalue weighted by Gasteiger charge is 2.34. The van der Waals surface area contributed by atoms with Crippen LogP contribution in [-0.2, 0) is 19.4 Å². The maximum Gasteiger partial charge on any atom is 0.266 e. The van der Waals surface area contributed by atoms with Crippen LogP contribution in [0.1, 0.15) is 5.76 Å². The number of thiocarbonyl (C=S) groups is 1. The highest BCUT2D eigenvalue weighted by Crippen LogP contribution is 2.32. The molecule has 0 radical (unpaired) electrons. The van der Waals surface area contributed by atoms with Gasteiger partial charge in [-0.15, -0.1) is 0 Å². The number of thioether (sulfide) groups is 1. The lowest BCUT2D eigenvalue weighted by Crippen LogP contribution is -2.43. The molecule has 126 valence electrons. The molecule has 1 aromatic rings. The zero-order chi connectivity index (χ0) is 17.3. The van der Waals surface area contributed by atoms with E-state index in [9.17, 15) is 18.0 Å². The summed E-state index contributed by atoms with van der Waals surface area (Å²) in [4.78, 5) is 25.9. The molecule has 2 aliphatic heterocycles. The van der Waals surface area contributed by atoms with Crippen molar-refractivity contribution >= 4 is 56.0 Å². The first kappa shape index (κ1) is 16.9. The summed E-state index contributed by atoms with van der Waals surface area (Å²) in [5.74, 6) is -0.514. The molecule has 2 aliphatic rings. The maximum absolute atomic E-state index is 12.3. The SMILES string of the molecule is O=C(CN1C(=O)/C(=C/c2ccco2)SC1=S)N[C@@H]1C=CS(=O)(=O)C1. The lowest BCUT2D eigenvalue weighted by Gasteiger charge is -2.16. The first-order chi connectivity index (χ1) is 11.3. The Morgan fingerprint density at radius 1 is 1.54 bits per heavy atom. The van der Waals surface area contributed by atoms with Gasteiger partial charge < -0.3 is 9.73 Å². The lowest BCUT2D eigenvalue weighted by atomic mass is 10.3. The van der Waals surface area contributed by atoms with Gasteiger partial charge in [0.1, 0.15) is 16.6 Å². The maximum atomic E-state index is 12.3. The molecule has 24 heavy (non-hydrogen) atoms. The molecule has 2 amide bonds. The summed E-state index contributed by atoms with van der Waals surface area (Å²) in [5, 5.41) is 3.63. The Labute approximate surface area is 147 Å². The van der Waals surface area contributed by atoms with Crippen LogP contribution in [0.2, 0.25) is 0 Å². The van der Waals surface area contributed by atoms with Crippen molar-refractivity contribution in [3.05, 3.63) is 40.5 Å². The minimum Gasteiger partial charge on any atom is -0.465 e. The second-order valence-electron chi connectivity index (χ2n) is 5.12. The molecule has 3 rings (SSSR count). The molecular weight excluding hydrogens is 372 g/mol. The van der Waals surface area contributed by atoms with E-state index in [1.54, 1.807) is 18.2 Å². The molecule has 0 aliphatic carbocycles. The van der Waals surface area contributed by atoms with Gasteiger partial charge >= 0.3 is 0 Å². The topological polar surface area (TPSA) is 96.7 Å². The van der Waals surface area contributed by atoms with Gasteiger partial charge in [-0.25, -0.2) is 8.42 Å². The first-order valence-corrected chi connectivity index (χ1v) is 9.77. The van der Waals surface area contributed by atoms with E-state index in [1.165, 1.54) is 17.2 Å². The fourth-order valence-electron chi connectivity index (χ4n) is 2.20. The summed E-state index contributed by atoms with van der Waals surface area (Å²) in [6.45, 7) is -0.259. The number of hydrogen-bond donors (Lipinski definition) is 1. The van der Waals surface area contributed by atoms with E-state index in [0.717, 1.165) is 17.2 Å². The Balaban J connectivity index is 1.63. The molecule has 1 atom stereocenters. The average Bonchev–Trinajstić information content (AvgIpc) is 3.17. The van der Waals surface area contributed by atoms with Crippen molar-refractivity contribution in [1.82, 2.24) is 10.2 Å². The Bertz CT molecular complexity index is 855. The van der Waals surface area contributed by atoms with Crippen molar-refractivity contribution in [2.75, 3.05) is 12.3 Å². The number of amides is 2. The zero-order valence-corrected chi connectivity index (χ0v) is 14.6. The van der Waals surface area contributed by atoms with Crippen LogP contribution < -0.4 is 5.32 Å². The standard InChI is InChI=1S/C14H12N2O5S3/c17-12(15-9-3-5-24(19,20)8-9)7-16-13(18)11(23-14(16)22)6-10-2-1-4-21-10/h1-6,9H,7-8H2,(H,15,17)/b11-6-/t9-/m1/s1. The van der Waals surface area contributed by atoms with E-state index in [2.05, 4.69) is 5.32 Å². The quantitative estimate of drug-likeness (QED) is 0.609. The molecular formula is C14H12N2O5S3. The van der Waals surface area contributed by atoms with E-state index in [0.29, 0.717) is 10.7 Å². The number of carbonyl (C=O) groups excluding carboxylic acids is 2. The Hall–Kier alpha value is -1.91.